The maximum absolute atomic E-state index is 12.3. The highest BCUT2D eigenvalue weighted by Crippen LogP contribution is 2.15. The molecule has 1 amide bonds. The average Bonchev–Trinajstić information content (AvgIpc) is 2.49. The first kappa shape index (κ1) is 16.5. The van der Waals surface area contributed by atoms with Gasteiger partial charge in [-0.05, 0) is 45.0 Å². The number of nitrogens with two attached hydrogens (primary N) is 1. The smallest absolute Gasteiger partial charge is 0.282 e. The van der Waals surface area contributed by atoms with Crippen molar-refractivity contribution in [3.8, 4) is 0 Å². The predicted molar refractivity (Wildman–Crippen MR) is 91.1 cm³/mol. The minimum absolute atomic E-state index is 0.00210. The van der Waals surface area contributed by atoms with E-state index in [1.165, 1.54) is 5.56 Å². The topological polar surface area (TPSA) is 45.7 Å². The number of hydrogen-bond acceptors (Lipinski definition) is 1. The van der Waals surface area contributed by atoms with Gasteiger partial charge < -0.3 is 10.6 Å². The van der Waals surface area contributed by atoms with Gasteiger partial charge in [0.2, 0.25) is 0 Å². The molecule has 0 saturated carbocycles. The minimum Gasteiger partial charge on any atom is -0.330 e. The van der Waals surface area contributed by atoms with Crippen LogP contribution in [0.3, 0.4) is 0 Å². The Kier molecular flexibility index (Phi) is 5.58. The van der Waals surface area contributed by atoms with Crippen molar-refractivity contribution < 1.29 is 10.1 Å². The largest absolute Gasteiger partial charge is 0.330 e. The number of benzene rings is 2. The van der Waals surface area contributed by atoms with Crippen molar-refractivity contribution in [3.63, 3.8) is 0 Å². The van der Waals surface area contributed by atoms with Gasteiger partial charge in [-0.2, -0.15) is 0 Å². The summed E-state index contributed by atoms with van der Waals surface area (Å²) in [5.74, 6) is -0.00210. The van der Waals surface area contributed by atoms with E-state index in [1.807, 2.05) is 67.7 Å². The van der Waals surface area contributed by atoms with E-state index in [9.17, 15) is 4.79 Å². The molecule has 2 rings (SSSR count). The number of rotatable bonds is 5. The Labute approximate surface area is 136 Å². The van der Waals surface area contributed by atoms with Gasteiger partial charge in [-0.1, -0.05) is 41.4 Å². The number of aryl methyl sites for hydroxylation is 1. The highest BCUT2D eigenvalue weighted by atomic mass is 35.5. The molecule has 0 unspecified atom stereocenters. The van der Waals surface area contributed by atoms with E-state index in [0.717, 1.165) is 16.3 Å². The second kappa shape index (κ2) is 7.43. The zero-order valence-corrected chi connectivity index (χ0v) is 13.9. The van der Waals surface area contributed by atoms with Crippen LogP contribution in [0.15, 0.2) is 48.5 Å². The van der Waals surface area contributed by atoms with Crippen LogP contribution in [0.25, 0.3) is 0 Å². The fraction of sp³-hybridized carbons (Fsp3) is 0.278. The molecule has 0 radical (unpaired) electrons. The second-order valence-electron chi connectivity index (χ2n) is 5.68. The molecular formula is C18H22ClN2O+. The highest BCUT2D eigenvalue weighted by Gasteiger charge is 2.20. The molecular weight excluding hydrogens is 296 g/mol. The highest BCUT2D eigenvalue weighted by molar-refractivity contribution is 6.30. The molecule has 2 aromatic rings. The summed E-state index contributed by atoms with van der Waals surface area (Å²) in [5.41, 5.74) is 3.11. The zero-order chi connectivity index (χ0) is 16.1. The summed E-state index contributed by atoms with van der Waals surface area (Å²) in [6.07, 6.45) is 0. The van der Waals surface area contributed by atoms with E-state index in [0.29, 0.717) is 0 Å². The Morgan fingerprint density at radius 3 is 2.45 bits per heavy atom. The van der Waals surface area contributed by atoms with E-state index in [-0.39, 0.29) is 18.0 Å². The van der Waals surface area contributed by atoms with Gasteiger partial charge in [0.1, 0.15) is 6.04 Å². The van der Waals surface area contributed by atoms with Gasteiger partial charge in [-0.3, -0.25) is 4.79 Å². The van der Waals surface area contributed by atoms with E-state index < -0.39 is 0 Å². The monoisotopic (exact) mass is 317 g/mol. The molecule has 4 heteroatoms. The van der Waals surface area contributed by atoms with Gasteiger partial charge in [0.15, 0.2) is 6.04 Å². The number of carbonyl (C=O) groups is 1. The van der Waals surface area contributed by atoms with Crippen molar-refractivity contribution in [2.45, 2.75) is 32.9 Å². The standard InChI is InChI=1S/C18H21ClN2O/c1-12-7-9-17(10-8-12)21-18(22)14(3)20-13(2)15-5-4-6-16(19)11-15/h4-11,13-14,20H,1-3H3,(H,21,22)/p+1/t13-,14+/m0/s1. The molecule has 0 aromatic heterocycles. The van der Waals surface area contributed by atoms with Crippen LogP contribution in [0.4, 0.5) is 5.69 Å². The quantitative estimate of drug-likeness (QED) is 0.873. The number of halogens is 1. The van der Waals surface area contributed by atoms with E-state index in [1.54, 1.807) is 0 Å². The summed E-state index contributed by atoms with van der Waals surface area (Å²) in [6.45, 7) is 6.00. The van der Waals surface area contributed by atoms with Gasteiger partial charge >= 0.3 is 0 Å². The lowest BCUT2D eigenvalue weighted by atomic mass is 10.1. The lowest BCUT2D eigenvalue weighted by Crippen LogP contribution is -2.91. The van der Waals surface area contributed by atoms with E-state index in [2.05, 4.69) is 12.2 Å². The Morgan fingerprint density at radius 2 is 1.82 bits per heavy atom. The van der Waals surface area contributed by atoms with Crippen LogP contribution in [-0.2, 0) is 4.79 Å². The third-order valence-electron chi connectivity index (χ3n) is 3.68. The SMILES string of the molecule is Cc1ccc(NC(=O)[C@@H](C)[NH2+][C@@H](C)c2cccc(Cl)c2)cc1. The maximum Gasteiger partial charge on any atom is 0.282 e. The summed E-state index contributed by atoms with van der Waals surface area (Å²) in [7, 11) is 0. The van der Waals surface area contributed by atoms with Crippen molar-refractivity contribution in [2.75, 3.05) is 5.32 Å². The third-order valence-corrected chi connectivity index (χ3v) is 3.92. The van der Waals surface area contributed by atoms with E-state index >= 15 is 0 Å². The zero-order valence-electron chi connectivity index (χ0n) is 13.1. The van der Waals surface area contributed by atoms with Crippen molar-refractivity contribution in [1.29, 1.82) is 0 Å². The van der Waals surface area contributed by atoms with Crippen LogP contribution in [0.1, 0.15) is 31.0 Å². The molecule has 0 aliphatic heterocycles. The molecule has 0 spiro atoms. The molecule has 2 aromatic carbocycles. The summed E-state index contributed by atoms with van der Waals surface area (Å²) >= 11 is 6.01. The Balaban J connectivity index is 1.94. The van der Waals surface area contributed by atoms with Crippen LogP contribution in [0, 0.1) is 6.92 Å². The molecule has 0 aliphatic rings. The first-order chi connectivity index (χ1) is 10.5. The first-order valence-electron chi connectivity index (χ1n) is 7.43. The molecule has 22 heavy (non-hydrogen) atoms. The van der Waals surface area contributed by atoms with Gasteiger partial charge in [-0.15, -0.1) is 0 Å². The van der Waals surface area contributed by atoms with Gasteiger partial charge in [0.25, 0.3) is 5.91 Å². The lowest BCUT2D eigenvalue weighted by molar-refractivity contribution is -0.709. The molecule has 0 saturated heterocycles. The maximum atomic E-state index is 12.3. The molecule has 116 valence electrons. The molecule has 2 atom stereocenters. The predicted octanol–water partition coefficient (Wildman–Crippen LogP) is 3.30. The molecule has 0 heterocycles. The van der Waals surface area contributed by atoms with Gasteiger partial charge in [0, 0.05) is 16.3 Å². The minimum atomic E-state index is -0.185. The first-order valence-corrected chi connectivity index (χ1v) is 7.81. The van der Waals surface area contributed by atoms with Crippen LogP contribution >= 0.6 is 11.6 Å². The summed E-state index contributed by atoms with van der Waals surface area (Å²) < 4.78 is 0. The Bertz CT molecular complexity index is 640. The number of anilines is 1. The van der Waals surface area contributed by atoms with Crippen LogP contribution in [-0.4, -0.2) is 11.9 Å². The number of nitrogens with one attached hydrogen (secondary N) is 1. The van der Waals surface area contributed by atoms with Gasteiger partial charge in [-0.25, -0.2) is 0 Å². The number of carbonyl (C=O) groups excluding carboxylic acids is 1. The van der Waals surface area contributed by atoms with E-state index in [4.69, 9.17) is 11.6 Å². The molecule has 0 aliphatic carbocycles. The van der Waals surface area contributed by atoms with Crippen molar-refractivity contribution in [2.24, 2.45) is 0 Å². The third kappa shape index (κ3) is 4.58. The van der Waals surface area contributed by atoms with Gasteiger partial charge in [0.05, 0.1) is 0 Å². The van der Waals surface area contributed by atoms with Crippen molar-refractivity contribution >= 4 is 23.2 Å². The average molecular weight is 318 g/mol. The molecule has 0 fully saturated rings. The number of quaternary nitrogens is 1. The number of hydrogen-bond donors (Lipinski definition) is 2. The Hall–Kier alpha value is -1.84. The summed E-state index contributed by atoms with van der Waals surface area (Å²) in [6, 6.07) is 15.5. The van der Waals surface area contributed by atoms with Crippen molar-refractivity contribution in [3.05, 3.63) is 64.7 Å². The molecule has 0 bridgehead atoms. The lowest BCUT2D eigenvalue weighted by Gasteiger charge is -2.17. The molecule has 3 nitrogen and oxygen atoms in total. The second-order valence-corrected chi connectivity index (χ2v) is 6.12. The fourth-order valence-corrected chi connectivity index (χ4v) is 2.51. The van der Waals surface area contributed by atoms with Crippen LogP contribution < -0.4 is 10.6 Å². The van der Waals surface area contributed by atoms with Crippen LogP contribution in [0.5, 0.6) is 0 Å². The van der Waals surface area contributed by atoms with Crippen molar-refractivity contribution in [1.82, 2.24) is 0 Å². The Morgan fingerprint density at radius 1 is 1.14 bits per heavy atom. The summed E-state index contributed by atoms with van der Waals surface area (Å²) in [4.78, 5) is 12.3. The number of amides is 1. The molecule has 3 N–H and O–H groups in total. The fourth-order valence-electron chi connectivity index (χ4n) is 2.31. The normalized spacial score (nSPS) is 13.5. The summed E-state index contributed by atoms with van der Waals surface area (Å²) in [5, 5.41) is 5.69. The van der Waals surface area contributed by atoms with Crippen LogP contribution in [0.2, 0.25) is 5.02 Å².